The Morgan fingerprint density at radius 3 is 2.81 bits per heavy atom. The van der Waals surface area contributed by atoms with Crippen molar-refractivity contribution in [2.75, 3.05) is 6.54 Å². The minimum Gasteiger partial charge on any atom is -0.508 e. The van der Waals surface area contributed by atoms with Crippen LogP contribution >= 0.6 is 0 Å². The number of ether oxygens (including phenoxy) is 1. The summed E-state index contributed by atoms with van der Waals surface area (Å²) in [5.41, 5.74) is 13.1. The molecule has 252 valence electrons. The lowest BCUT2D eigenvalue weighted by Gasteiger charge is -2.28. The second-order valence-electron chi connectivity index (χ2n) is 12.8. The van der Waals surface area contributed by atoms with E-state index in [0.717, 1.165) is 40.0 Å². The van der Waals surface area contributed by atoms with Crippen LogP contribution in [-0.2, 0) is 17.6 Å². The Labute approximate surface area is 279 Å². The van der Waals surface area contributed by atoms with E-state index in [4.69, 9.17) is 10.5 Å². The minimum atomic E-state index is -1.06. The Kier molecular flexibility index (Phi) is 9.89. The first kappa shape index (κ1) is 33.3. The Morgan fingerprint density at radius 1 is 1.19 bits per heavy atom. The van der Waals surface area contributed by atoms with Crippen molar-refractivity contribution < 1.29 is 35.1 Å². The zero-order valence-corrected chi connectivity index (χ0v) is 26.9. The van der Waals surface area contributed by atoms with Crippen molar-refractivity contribution in [2.45, 2.75) is 89.0 Å². The molecule has 4 aliphatic rings. The van der Waals surface area contributed by atoms with Crippen molar-refractivity contribution in [1.82, 2.24) is 10.2 Å². The average Bonchev–Trinajstić information content (AvgIpc) is 3.62. The molecule has 11 nitrogen and oxygen atoms in total. The number of phenolic OH excluding ortho intramolecular Hbond substituents is 2. The third kappa shape index (κ3) is 7.12. The largest absolute Gasteiger partial charge is 0.508 e. The highest BCUT2D eigenvalue weighted by Crippen LogP contribution is 2.39. The fraction of sp³-hybridized carbons (Fsp3) is 0.405. The number of fused-ring (bicyclic) bond motifs is 4. The van der Waals surface area contributed by atoms with E-state index >= 15 is 0 Å². The molecule has 8 N–H and O–H groups in total. The van der Waals surface area contributed by atoms with Crippen LogP contribution in [-0.4, -0.2) is 66.9 Å². The van der Waals surface area contributed by atoms with Gasteiger partial charge in [0.2, 0.25) is 0 Å². The summed E-state index contributed by atoms with van der Waals surface area (Å²) >= 11 is 0. The fourth-order valence-corrected chi connectivity index (χ4v) is 6.69. The van der Waals surface area contributed by atoms with Crippen LogP contribution < -0.4 is 15.8 Å². The van der Waals surface area contributed by atoms with Crippen LogP contribution in [0.25, 0.3) is 6.08 Å². The predicted molar refractivity (Wildman–Crippen MR) is 181 cm³/mol. The number of Topliss-reactive ketones (excluding diaryl/α,β-unsaturated/α-hetero) is 1. The summed E-state index contributed by atoms with van der Waals surface area (Å²) in [6.45, 7) is 2.39. The number of ketones is 1. The molecule has 0 amide bonds. The number of benzene rings is 2. The number of aryl methyl sites for hydroxylation is 1. The molecule has 5 atom stereocenters. The summed E-state index contributed by atoms with van der Waals surface area (Å²) in [5.74, 6) is 5.52. The number of carbonyl (C=O) groups excluding carboxylic acids is 1. The maximum absolute atomic E-state index is 12.6. The maximum atomic E-state index is 12.6. The topological polar surface area (TPSA) is 181 Å². The number of aliphatic hydroxyl groups excluding tert-OH is 3. The van der Waals surface area contributed by atoms with Crippen LogP contribution in [0.5, 0.6) is 17.2 Å². The number of aromatic hydroxyl groups is 2. The first-order valence-corrected chi connectivity index (χ1v) is 16.4. The molecule has 6 rings (SSSR count). The summed E-state index contributed by atoms with van der Waals surface area (Å²) in [7, 11) is 0. The normalized spacial score (nSPS) is 22.0. The van der Waals surface area contributed by atoms with E-state index in [-0.39, 0.29) is 61.3 Å². The van der Waals surface area contributed by atoms with Crippen LogP contribution in [0, 0.1) is 11.8 Å². The van der Waals surface area contributed by atoms with Crippen LogP contribution in [0.4, 0.5) is 0 Å². The number of rotatable bonds is 11. The maximum Gasteiger partial charge on any atom is 0.183 e. The molecular formula is C37H42N4O7. The van der Waals surface area contributed by atoms with E-state index in [1.54, 1.807) is 0 Å². The van der Waals surface area contributed by atoms with E-state index in [9.17, 15) is 30.3 Å². The number of phenols is 2. The highest BCUT2D eigenvalue weighted by Gasteiger charge is 2.33. The third-order valence-electron chi connectivity index (χ3n) is 9.22. The molecule has 2 aromatic rings. The molecule has 48 heavy (non-hydrogen) atoms. The van der Waals surface area contributed by atoms with E-state index in [1.807, 2.05) is 48.6 Å². The molecule has 4 heterocycles. The Hall–Kier alpha value is -4.60. The van der Waals surface area contributed by atoms with Gasteiger partial charge in [0.1, 0.15) is 23.8 Å². The molecule has 5 unspecified atom stereocenters. The van der Waals surface area contributed by atoms with Crippen LogP contribution in [0.3, 0.4) is 0 Å². The smallest absolute Gasteiger partial charge is 0.183 e. The summed E-state index contributed by atoms with van der Waals surface area (Å²) in [6.07, 6.45) is 6.26. The quantitative estimate of drug-likeness (QED) is 0.178. The van der Waals surface area contributed by atoms with Crippen molar-refractivity contribution in [3.63, 3.8) is 0 Å². The van der Waals surface area contributed by atoms with Crippen LogP contribution in [0.2, 0.25) is 0 Å². The average molecular weight is 655 g/mol. The van der Waals surface area contributed by atoms with Gasteiger partial charge in [-0.25, -0.2) is 0 Å². The van der Waals surface area contributed by atoms with Gasteiger partial charge in [0.25, 0.3) is 0 Å². The van der Waals surface area contributed by atoms with Crippen molar-refractivity contribution >= 4 is 17.6 Å². The first-order valence-electron chi connectivity index (χ1n) is 16.4. The monoisotopic (exact) mass is 654 g/mol. The number of allylic oxidation sites excluding steroid dienone is 1. The van der Waals surface area contributed by atoms with Gasteiger partial charge in [-0.1, -0.05) is 37.3 Å². The van der Waals surface area contributed by atoms with E-state index in [0.29, 0.717) is 30.5 Å². The third-order valence-corrected chi connectivity index (χ3v) is 9.22. The lowest BCUT2D eigenvalue weighted by atomic mass is 9.86. The Bertz CT molecular complexity index is 1770. The highest BCUT2D eigenvalue weighted by atomic mass is 16.5. The van der Waals surface area contributed by atoms with Gasteiger partial charge in [0.05, 0.1) is 30.9 Å². The van der Waals surface area contributed by atoms with Crippen LogP contribution in [0.1, 0.15) is 85.5 Å². The minimum absolute atomic E-state index is 0.0571. The number of hydrogen-bond acceptors (Lipinski definition) is 11. The second-order valence-corrected chi connectivity index (χ2v) is 12.8. The number of nitrogens with zero attached hydrogens (tertiary/aromatic N) is 2. The van der Waals surface area contributed by atoms with Gasteiger partial charge < -0.3 is 46.2 Å². The van der Waals surface area contributed by atoms with Gasteiger partial charge in [0, 0.05) is 43.3 Å². The van der Waals surface area contributed by atoms with Gasteiger partial charge in [-0.15, -0.1) is 0 Å². The number of nitrogens with one attached hydrogen (secondary N) is 1. The van der Waals surface area contributed by atoms with Gasteiger partial charge in [0.15, 0.2) is 17.7 Å². The fourth-order valence-electron chi connectivity index (χ4n) is 6.69. The molecule has 2 aromatic carbocycles. The summed E-state index contributed by atoms with van der Waals surface area (Å²) in [6, 6.07) is 6.49. The molecule has 0 aromatic heterocycles. The molecule has 0 saturated carbocycles. The lowest BCUT2D eigenvalue weighted by molar-refractivity contribution is -0.121. The molecule has 4 aliphatic heterocycles. The molecule has 0 fully saturated rings. The summed E-state index contributed by atoms with van der Waals surface area (Å²) < 4.78 is 6.33. The Balaban J connectivity index is 1.22. The number of carbonyl (C=O) groups is 1. The number of hydrogen-bond donors (Lipinski definition) is 7. The van der Waals surface area contributed by atoms with E-state index < -0.39 is 24.5 Å². The lowest BCUT2D eigenvalue weighted by Crippen LogP contribution is -2.35. The molecule has 0 saturated heterocycles. The zero-order chi connectivity index (χ0) is 33.9. The number of aliphatic hydroxyl groups is 3. The number of nitrogens with two attached hydrogens (primary N) is 1. The molecule has 2 bridgehead atoms. The SMILES string of the molecule is CCCC(O)CC(O)CC(=O)CCc1cc(OC2CC#CC(O)c3ccc4c(c3CC3=CN=C5CN2C=C35)C=CNC4N)c(O)cc1O. The second kappa shape index (κ2) is 14.3. The van der Waals surface area contributed by atoms with Crippen molar-refractivity contribution in [3.8, 4) is 29.1 Å². The summed E-state index contributed by atoms with van der Waals surface area (Å²) in [4.78, 5) is 19.2. The van der Waals surface area contributed by atoms with Gasteiger partial charge in [-0.3, -0.25) is 9.79 Å². The van der Waals surface area contributed by atoms with Crippen molar-refractivity contribution in [3.05, 3.63) is 81.8 Å². The van der Waals surface area contributed by atoms with Gasteiger partial charge in [-0.2, -0.15) is 0 Å². The zero-order valence-electron chi connectivity index (χ0n) is 26.9. The first-order chi connectivity index (χ1) is 23.1. The van der Waals surface area contributed by atoms with Crippen molar-refractivity contribution in [2.24, 2.45) is 10.7 Å². The van der Waals surface area contributed by atoms with Gasteiger partial charge >= 0.3 is 0 Å². The molecule has 0 spiro atoms. The standard InChI is InChI=1S/C37H42N4O7/c1-2-4-23(42)15-25(44)16-24(43)8-7-21-14-35(34(47)17-33(21)46)48-36-6-3-5-32(45)27-9-10-28-26(11-12-39-37(28)38)29(27)13-22-18-40-31-20-41(36)19-30(22)31/h9-12,14,17-19,23,25,32,36-37,39,42,44-47H,2,4,6-8,13,15-16,20,38H2,1H3. The van der Waals surface area contributed by atoms with E-state index in [1.165, 1.54) is 12.1 Å². The summed E-state index contributed by atoms with van der Waals surface area (Å²) in [5, 5.41) is 55.8. The molecule has 11 heteroatoms. The molecular weight excluding hydrogens is 612 g/mol. The van der Waals surface area contributed by atoms with Crippen LogP contribution in [0.15, 0.2) is 59.0 Å². The Morgan fingerprint density at radius 2 is 2.00 bits per heavy atom. The predicted octanol–water partition coefficient (Wildman–Crippen LogP) is 3.36. The van der Waals surface area contributed by atoms with Crippen molar-refractivity contribution in [1.29, 1.82) is 0 Å². The van der Waals surface area contributed by atoms with E-state index in [2.05, 4.69) is 22.2 Å². The highest BCUT2D eigenvalue weighted by molar-refractivity contribution is 6.09. The van der Waals surface area contributed by atoms with Gasteiger partial charge in [-0.05, 0) is 71.0 Å². The molecule has 0 aliphatic carbocycles. The molecule has 0 radical (unpaired) electrons. The number of aliphatic imine (C=N–C) groups is 1.